The van der Waals surface area contributed by atoms with Crippen LogP contribution in [0.4, 0.5) is 5.69 Å². The van der Waals surface area contributed by atoms with Gasteiger partial charge in [0.15, 0.2) is 0 Å². The van der Waals surface area contributed by atoms with Crippen molar-refractivity contribution in [2.24, 2.45) is 5.92 Å². The number of hydrogen-bond acceptors (Lipinski definition) is 3. The van der Waals surface area contributed by atoms with Crippen molar-refractivity contribution in [2.45, 2.75) is 45.8 Å². The molecule has 0 bridgehead atoms. The molecule has 4 nitrogen and oxygen atoms in total. The summed E-state index contributed by atoms with van der Waals surface area (Å²) in [5.74, 6) is 0.294. The summed E-state index contributed by atoms with van der Waals surface area (Å²) in [5.41, 5.74) is 1.94. The number of aryl methyl sites for hydroxylation is 1. The molecule has 2 N–H and O–H groups in total. The van der Waals surface area contributed by atoms with Crippen LogP contribution in [0.25, 0.3) is 0 Å². The van der Waals surface area contributed by atoms with E-state index in [4.69, 9.17) is 0 Å². The summed E-state index contributed by atoms with van der Waals surface area (Å²) in [6, 6.07) is 7.63. The first-order valence-electron chi connectivity index (χ1n) is 7.77. The Balaban J connectivity index is 1.97. The molecule has 2 rings (SSSR count). The fourth-order valence-electron chi connectivity index (χ4n) is 2.90. The minimum atomic E-state index is -0.306. The molecule has 1 fully saturated rings. The number of aliphatic hydroxyl groups excluding tert-OH is 1. The highest BCUT2D eigenvalue weighted by Gasteiger charge is 2.29. The Morgan fingerprint density at radius 3 is 2.76 bits per heavy atom. The highest BCUT2D eigenvalue weighted by molar-refractivity contribution is 5.95. The van der Waals surface area contributed by atoms with Gasteiger partial charge in [0.2, 0.25) is 5.91 Å². The lowest BCUT2D eigenvalue weighted by atomic mass is 9.92. The third-order valence-electron chi connectivity index (χ3n) is 4.50. The van der Waals surface area contributed by atoms with E-state index >= 15 is 0 Å². The van der Waals surface area contributed by atoms with Gasteiger partial charge in [-0.3, -0.25) is 9.69 Å². The van der Waals surface area contributed by atoms with E-state index in [2.05, 4.69) is 10.2 Å². The van der Waals surface area contributed by atoms with Gasteiger partial charge in [0.25, 0.3) is 0 Å². The Morgan fingerprint density at radius 1 is 1.38 bits per heavy atom. The Labute approximate surface area is 127 Å². The van der Waals surface area contributed by atoms with Gasteiger partial charge in [-0.05, 0) is 57.7 Å². The minimum absolute atomic E-state index is 0.0237. The number of likely N-dealkylation sites (tertiary alicyclic amines) is 1. The van der Waals surface area contributed by atoms with Crippen LogP contribution in [0.2, 0.25) is 0 Å². The first-order chi connectivity index (χ1) is 9.99. The third kappa shape index (κ3) is 4.05. The average Bonchev–Trinajstić information content (AvgIpc) is 2.49. The van der Waals surface area contributed by atoms with E-state index in [-0.39, 0.29) is 24.0 Å². The van der Waals surface area contributed by atoms with E-state index in [0.29, 0.717) is 0 Å². The van der Waals surface area contributed by atoms with E-state index in [1.54, 1.807) is 0 Å². The van der Waals surface area contributed by atoms with Crippen molar-refractivity contribution >= 4 is 11.6 Å². The second-order valence-corrected chi connectivity index (χ2v) is 6.12. The van der Waals surface area contributed by atoms with Gasteiger partial charge >= 0.3 is 0 Å². The molecule has 4 heteroatoms. The van der Waals surface area contributed by atoms with Crippen molar-refractivity contribution in [3.05, 3.63) is 29.8 Å². The number of piperidine rings is 1. The predicted octanol–water partition coefficient (Wildman–Crippen LogP) is 2.41. The highest BCUT2D eigenvalue weighted by Crippen LogP contribution is 2.22. The molecular weight excluding hydrogens is 264 g/mol. The van der Waals surface area contributed by atoms with Crippen molar-refractivity contribution < 1.29 is 9.90 Å². The van der Waals surface area contributed by atoms with Crippen LogP contribution in [0.15, 0.2) is 24.3 Å². The number of amides is 1. The van der Waals surface area contributed by atoms with Gasteiger partial charge in [-0.25, -0.2) is 0 Å². The zero-order valence-corrected chi connectivity index (χ0v) is 13.2. The van der Waals surface area contributed by atoms with Crippen molar-refractivity contribution in [1.82, 2.24) is 4.90 Å². The summed E-state index contributed by atoms with van der Waals surface area (Å²) in [5, 5.41) is 12.8. The summed E-state index contributed by atoms with van der Waals surface area (Å²) in [7, 11) is 0. The van der Waals surface area contributed by atoms with Crippen LogP contribution in [0, 0.1) is 12.8 Å². The molecular formula is C17H26N2O2. The number of carbonyl (C=O) groups is 1. The second-order valence-electron chi connectivity index (χ2n) is 6.12. The molecule has 1 heterocycles. The van der Waals surface area contributed by atoms with Gasteiger partial charge < -0.3 is 10.4 Å². The fraction of sp³-hybridized carbons (Fsp3) is 0.588. The number of rotatable bonds is 4. The Hall–Kier alpha value is -1.39. The van der Waals surface area contributed by atoms with E-state index in [1.165, 1.54) is 0 Å². The molecule has 1 aliphatic heterocycles. The maximum absolute atomic E-state index is 12.4. The summed E-state index contributed by atoms with van der Waals surface area (Å²) < 4.78 is 0. The maximum atomic E-state index is 12.4. The second kappa shape index (κ2) is 7.05. The van der Waals surface area contributed by atoms with E-state index < -0.39 is 0 Å². The Bertz CT molecular complexity index is 487. The van der Waals surface area contributed by atoms with Gasteiger partial charge in [-0.1, -0.05) is 18.2 Å². The minimum Gasteiger partial charge on any atom is -0.393 e. The Kier molecular flexibility index (Phi) is 5.37. The largest absolute Gasteiger partial charge is 0.393 e. The lowest BCUT2D eigenvalue weighted by Crippen LogP contribution is -2.48. The van der Waals surface area contributed by atoms with E-state index in [1.807, 2.05) is 45.0 Å². The number of para-hydroxylation sites is 1. The van der Waals surface area contributed by atoms with Crippen molar-refractivity contribution in [3.63, 3.8) is 0 Å². The quantitative estimate of drug-likeness (QED) is 0.895. The topological polar surface area (TPSA) is 52.6 Å². The van der Waals surface area contributed by atoms with Gasteiger partial charge in [0.05, 0.1) is 12.1 Å². The molecule has 0 aromatic heterocycles. The lowest BCUT2D eigenvalue weighted by Gasteiger charge is -2.37. The SMILES string of the molecule is Cc1ccccc1NC(=O)C(C)N1CCCC(C(C)O)C1. The fourth-order valence-corrected chi connectivity index (χ4v) is 2.90. The number of aliphatic hydroxyl groups is 1. The molecule has 116 valence electrons. The number of carbonyl (C=O) groups excluding carboxylic acids is 1. The molecule has 1 amide bonds. The zero-order chi connectivity index (χ0) is 15.4. The monoisotopic (exact) mass is 290 g/mol. The highest BCUT2D eigenvalue weighted by atomic mass is 16.3. The summed E-state index contributed by atoms with van der Waals surface area (Å²) in [6.45, 7) is 7.49. The normalized spacial score (nSPS) is 22.6. The standard InChI is InChI=1S/C17H26N2O2/c1-12-7-4-5-9-16(12)18-17(21)13(2)19-10-6-8-15(11-19)14(3)20/h4-5,7,9,13-15,20H,6,8,10-11H2,1-3H3,(H,18,21). The van der Waals surface area contributed by atoms with Crippen LogP contribution < -0.4 is 5.32 Å². The van der Waals surface area contributed by atoms with Crippen molar-refractivity contribution in [3.8, 4) is 0 Å². The van der Waals surface area contributed by atoms with Crippen LogP contribution in [0.1, 0.15) is 32.3 Å². The molecule has 1 aromatic carbocycles. The molecule has 21 heavy (non-hydrogen) atoms. The predicted molar refractivity (Wildman–Crippen MR) is 85.2 cm³/mol. The van der Waals surface area contributed by atoms with Crippen molar-refractivity contribution in [2.75, 3.05) is 18.4 Å². The van der Waals surface area contributed by atoms with Gasteiger partial charge in [-0.2, -0.15) is 0 Å². The van der Waals surface area contributed by atoms with E-state index in [0.717, 1.165) is 37.2 Å². The third-order valence-corrected chi connectivity index (χ3v) is 4.50. The molecule has 0 saturated carbocycles. The molecule has 1 aliphatic rings. The number of nitrogens with zero attached hydrogens (tertiary/aromatic N) is 1. The van der Waals surface area contributed by atoms with Gasteiger partial charge in [-0.15, -0.1) is 0 Å². The molecule has 0 radical (unpaired) electrons. The zero-order valence-electron chi connectivity index (χ0n) is 13.2. The lowest BCUT2D eigenvalue weighted by molar-refractivity contribution is -0.121. The molecule has 1 aromatic rings. The van der Waals surface area contributed by atoms with Crippen LogP contribution in [-0.4, -0.2) is 41.1 Å². The smallest absolute Gasteiger partial charge is 0.241 e. The van der Waals surface area contributed by atoms with Crippen LogP contribution in [0.5, 0.6) is 0 Å². The molecule has 1 saturated heterocycles. The first-order valence-corrected chi connectivity index (χ1v) is 7.77. The molecule has 0 spiro atoms. The first kappa shape index (κ1) is 16.0. The summed E-state index contributed by atoms with van der Waals surface area (Å²) >= 11 is 0. The number of benzene rings is 1. The van der Waals surface area contributed by atoms with Gasteiger partial charge in [0, 0.05) is 12.2 Å². The number of anilines is 1. The maximum Gasteiger partial charge on any atom is 0.241 e. The summed E-state index contributed by atoms with van der Waals surface area (Å²) in [4.78, 5) is 14.6. The number of hydrogen-bond donors (Lipinski definition) is 2. The molecule has 3 unspecified atom stereocenters. The van der Waals surface area contributed by atoms with Gasteiger partial charge in [0.1, 0.15) is 0 Å². The number of nitrogens with one attached hydrogen (secondary N) is 1. The van der Waals surface area contributed by atoms with E-state index in [9.17, 15) is 9.90 Å². The van der Waals surface area contributed by atoms with Crippen LogP contribution in [0.3, 0.4) is 0 Å². The molecule has 0 aliphatic carbocycles. The Morgan fingerprint density at radius 2 is 2.10 bits per heavy atom. The summed E-state index contributed by atoms with van der Waals surface area (Å²) in [6.07, 6.45) is 1.78. The van der Waals surface area contributed by atoms with Crippen LogP contribution >= 0.6 is 0 Å². The van der Waals surface area contributed by atoms with Crippen LogP contribution in [-0.2, 0) is 4.79 Å². The molecule has 3 atom stereocenters. The average molecular weight is 290 g/mol. The van der Waals surface area contributed by atoms with Crippen molar-refractivity contribution in [1.29, 1.82) is 0 Å².